The highest BCUT2D eigenvalue weighted by molar-refractivity contribution is 6.25. The van der Waals surface area contributed by atoms with Crippen molar-refractivity contribution in [3.05, 3.63) is 265 Å². The van der Waals surface area contributed by atoms with E-state index >= 15 is 0 Å². The molecular weight excluding hydrogens is 1190 g/mol. The lowest BCUT2D eigenvalue weighted by Gasteiger charge is -2.12. The van der Waals surface area contributed by atoms with Crippen LogP contribution in [0.1, 0.15) is 22.3 Å². The molecule has 0 atom stereocenters. The van der Waals surface area contributed by atoms with Crippen LogP contribution in [0.4, 0.5) is 39.5 Å². The maximum atomic E-state index is 14.8. The van der Waals surface area contributed by atoms with E-state index in [0.29, 0.717) is 122 Å². The van der Waals surface area contributed by atoms with Crippen LogP contribution in [0.3, 0.4) is 0 Å². The van der Waals surface area contributed by atoms with Gasteiger partial charge in [-0.05, 0) is 157 Å². The number of aryl methyl sites for hydroxylation is 1. The number of nitrogens with zero attached hydrogens (tertiary/aromatic N) is 2. The number of benzene rings is 12. The van der Waals surface area contributed by atoms with Gasteiger partial charge in [-0.1, -0.05) is 163 Å². The molecule has 14 aromatic rings. The lowest BCUT2D eigenvalue weighted by molar-refractivity contribution is -0.138. The monoisotopic (exact) mass is 1230 g/mol. The van der Waals surface area contributed by atoms with Crippen molar-refractivity contribution >= 4 is 86.7 Å². The molecule has 4 nitrogen and oxygen atoms in total. The SMILES string of the molecule is Cc1ccc(-c2c3nc(c(-c4ccc(C(F)(F)F)cc4)c4[nH]c(c(-c5ccc(C(F)(F)F)cc5)c5nc(c(-c6ccc(C(F)(F)F)cc6)c6[nH]c2c2cc7ccccc7cc62)-c2cc6ccccc6cc2-5)c2cc5ccccc5cc42)-c2cc4ccccc4cc2-3)cc1. The number of nitrogens with one attached hydrogen (secondary N) is 2. The van der Waals surface area contributed by atoms with E-state index in [2.05, 4.69) is 34.2 Å². The van der Waals surface area contributed by atoms with Crippen LogP contribution in [0.2, 0.25) is 0 Å². The maximum absolute atomic E-state index is 14.8. The summed E-state index contributed by atoms with van der Waals surface area (Å²) in [6.45, 7) is 1.99. The van der Waals surface area contributed by atoms with Gasteiger partial charge in [-0.2, -0.15) is 39.5 Å². The molecule has 0 saturated carbocycles. The fraction of sp³-hybridized carbons (Fsp3) is 0.0500. The van der Waals surface area contributed by atoms with Crippen LogP contribution >= 0.6 is 0 Å². The molecule has 17 rings (SSSR count). The summed E-state index contributed by atoms with van der Waals surface area (Å²) in [5.41, 5.74) is 8.05. The highest BCUT2D eigenvalue weighted by atomic mass is 19.4. The predicted molar refractivity (Wildman–Crippen MR) is 356 cm³/mol. The molecule has 448 valence electrons. The average molecular weight is 1230 g/mol. The summed E-state index contributed by atoms with van der Waals surface area (Å²) < 4.78 is 133. The van der Waals surface area contributed by atoms with Crippen LogP contribution < -0.4 is 0 Å². The van der Waals surface area contributed by atoms with Gasteiger partial charge in [0.25, 0.3) is 0 Å². The third-order valence-corrected chi connectivity index (χ3v) is 18.4. The van der Waals surface area contributed by atoms with Crippen LogP contribution in [0.25, 0.3) is 176 Å². The van der Waals surface area contributed by atoms with E-state index in [0.717, 1.165) is 96.0 Å². The Morgan fingerprint density at radius 1 is 0.258 bits per heavy atom. The molecule has 93 heavy (non-hydrogen) atoms. The number of hydrogen-bond donors (Lipinski definition) is 2. The summed E-state index contributed by atoms with van der Waals surface area (Å²) in [6.07, 6.45) is -14.1. The van der Waals surface area contributed by atoms with Crippen molar-refractivity contribution in [1.29, 1.82) is 0 Å². The molecule has 2 N–H and O–H groups in total. The summed E-state index contributed by atoms with van der Waals surface area (Å²) in [7, 11) is 0. The Morgan fingerprint density at radius 2 is 0.462 bits per heavy atom. The number of H-pyrrole nitrogens is 2. The fourth-order valence-corrected chi connectivity index (χ4v) is 13.9. The molecule has 0 amide bonds. The molecule has 0 radical (unpaired) electrons. The first-order chi connectivity index (χ1) is 44.9. The minimum absolute atomic E-state index is 0.319. The van der Waals surface area contributed by atoms with E-state index in [1.165, 1.54) is 36.4 Å². The van der Waals surface area contributed by atoms with Gasteiger partial charge in [0.05, 0.1) is 61.5 Å². The van der Waals surface area contributed by atoms with Gasteiger partial charge < -0.3 is 9.97 Å². The first-order valence-corrected chi connectivity index (χ1v) is 30.1. The topological polar surface area (TPSA) is 57.4 Å². The van der Waals surface area contributed by atoms with Gasteiger partial charge in [0.2, 0.25) is 0 Å². The van der Waals surface area contributed by atoms with Crippen molar-refractivity contribution in [2.75, 3.05) is 0 Å². The summed E-state index contributed by atoms with van der Waals surface area (Å²) >= 11 is 0. The molecule has 12 aromatic carbocycles. The lowest BCUT2D eigenvalue weighted by Crippen LogP contribution is -2.04. The Labute approximate surface area is 523 Å². The Kier molecular flexibility index (Phi) is 12.2. The Hall–Kier alpha value is -11.3. The second kappa shape index (κ2) is 20.3. The second-order valence-electron chi connectivity index (χ2n) is 23.9. The van der Waals surface area contributed by atoms with E-state index in [-0.39, 0.29) is 0 Å². The van der Waals surface area contributed by atoms with Gasteiger partial charge in [0.15, 0.2) is 0 Å². The number of alkyl halides is 9. The molecule has 0 fully saturated rings. The highest BCUT2D eigenvalue weighted by Crippen LogP contribution is 2.54. The Bertz CT molecular complexity index is 5800. The third-order valence-electron chi connectivity index (χ3n) is 18.4. The number of rotatable bonds is 4. The van der Waals surface area contributed by atoms with Gasteiger partial charge in [-0.3, -0.25) is 0 Å². The maximum Gasteiger partial charge on any atom is 0.416 e. The molecule has 13 heteroatoms. The predicted octanol–water partition coefficient (Wildman–Crippen LogP) is 23.9. The minimum atomic E-state index is -4.72. The average Bonchev–Trinajstić information content (AvgIpc) is 1.56. The zero-order chi connectivity index (χ0) is 63.4. The van der Waals surface area contributed by atoms with E-state index in [1.807, 2.05) is 153 Å². The van der Waals surface area contributed by atoms with E-state index in [1.54, 1.807) is 0 Å². The van der Waals surface area contributed by atoms with Crippen LogP contribution in [0.15, 0.2) is 243 Å². The van der Waals surface area contributed by atoms with Crippen molar-refractivity contribution in [3.8, 4) is 89.5 Å². The molecule has 3 aliphatic rings. The largest absolute Gasteiger partial charge is 0.416 e. The summed E-state index contributed by atoms with van der Waals surface area (Å²) in [4.78, 5) is 19.5. The highest BCUT2D eigenvalue weighted by Gasteiger charge is 2.36. The van der Waals surface area contributed by atoms with Crippen LogP contribution in [0, 0.1) is 6.92 Å². The Balaban J connectivity index is 1.21. The number of halogens is 9. The normalized spacial score (nSPS) is 12.6. The summed E-state index contributed by atoms with van der Waals surface area (Å²) in [5.74, 6) is 0. The molecule has 8 bridgehead atoms. The van der Waals surface area contributed by atoms with Crippen LogP contribution in [0.5, 0.6) is 0 Å². The number of hydrogen-bond acceptors (Lipinski definition) is 2. The molecule has 0 unspecified atom stereocenters. The zero-order valence-corrected chi connectivity index (χ0v) is 48.9. The number of fused-ring (bicyclic) bond motifs is 4. The number of aromatic nitrogens is 4. The van der Waals surface area contributed by atoms with Crippen LogP contribution in [-0.2, 0) is 18.5 Å². The van der Waals surface area contributed by atoms with Gasteiger partial charge in [0, 0.05) is 66.1 Å². The van der Waals surface area contributed by atoms with Crippen molar-refractivity contribution in [3.63, 3.8) is 0 Å². The molecule has 1 aliphatic carbocycles. The van der Waals surface area contributed by atoms with Gasteiger partial charge in [-0.15, -0.1) is 0 Å². The molecule has 4 heterocycles. The van der Waals surface area contributed by atoms with Crippen molar-refractivity contribution < 1.29 is 39.5 Å². The number of aromatic amines is 2. The van der Waals surface area contributed by atoms with E-state index in [9.17, 15) is 39.5 Å². The Morgan fingerprint density at radius 3 is 0.677 bits per heavy atom. The zero-order valence-electron chi connectivity index (χ0n) is 48.9. The standard InChI is InChI=1S/C80H45F9N4/c1-42-18-20-43(21-19-42)66-70-58-34-47-10-2-4-12-49(47)36-60(58)72(90-70)67(44-22-28-55(29-23-44)78(81,82)83)74-62-38-51-14-6-8-16-53(51)40-64(62)76(92-74)69(46-26-32-57(33-27-46)80(87,88)89)77-65-41-54-17-9-7-15-52(54)39-63(65)75(93-77)68(45-24-30-56(31-25-45)79(84,85)86)73-61-37-50-13-5-3-11-48(50)35-59(61)71(66)91-73/h2-41,90,93H,1H3. The molecule has 2 aromatic heterocycles. The molecular formula is C80H45F9N4. The summed E-state index contributed by atoms with van der Waals surface area (Å²) in [5, 5.41) is 9.32. The van der Waals surface area contributed by atoms with Crippen molar-refractivity contribution in [1.82, 2.24) is 19.9 Å². The third kappa shape index (κ3) is 9.07. The van der Waals surface area contributed by atoms with E-state index in [4.69, 9.17) is 9.97 Å². The van der Waals surface area contributed by atoms with Crippen LogP contribution in [-0.4, -0.2) is 19.9 Å². The first-order valence-electron chi connectivity index (χ1n) is 30.1. The lowest BCUT2D eigenvalue weighted by atomic mass is 9.91. The summed E-state index contributed by atoms with van der Waals surface area (Å²) in [6, 6.07) is 70.5. The second-order valence-corrected chi connectivity index (χ2v) is 23.9. The van der Waals surface area contributed by atoms with Gasteiger partial charge in [0.1, 0.15) is 0 Å². The first kappa shape index (κ1) is 55.7. The van der Waals surface area contributed by atoms with Gasteiger partial charge >= 0.3 is 18.5 Å². The van der Waals surface area contributed by atoms with Crippen molar-refractivity contribution in [2.45, 2.75) is 25.5 Å². The molecule has 0 spiro atoms. The quantitative estimate of drug-likeness (QED) is 0.173. The van der Waals surface area contributed by atoms with E-state index < -0.39 is 35.2 Å². The van der Waals surface area contributed by atoms with Crippen molar-refractivity contribution in [2.24, 2.45) is 0 Å². The molecule has 2 aliphatic heterocycles. The minimum Gasteiger partial charge on any atom is -0.353 e. The van der Waals surface area contributed by atoms with Gasteiger partial charge in [-0.25, -0.2) is 9.97 Å². The smallest absolute Gasteiger partial charge is 0.353 e. The molecule has 0 saturated heterocycles. The fourth-order valence-electron chi connectivity index (χ4n) is 13.9.